The van der Waals surface area contributed by atoms with Gasteiger partial charge in [0.05, 0.1) is 5.69 Å². The van der Waals surface area contributed by atoms with Gasteiger partial charge in [-0.15, -0.1) is 5.10 Å². The Morgan fingerprint density at radius 1 is 1.04 bits per heavy atom. The second-order valence-corrected chi connectivity index (χ2v) is 5.58. The van der Waals surface area contributed by atoms with E-state index in [4.69, 9.17) is 0 Å². The molecule has 1 heterocycles. The molecule has 116 valence electrons. The summed E-state index contributed by atoms with van der Waals surface area (Å²) in [6.07, 6.45) is 1.53. The molecule has 0 aliphatic rings. The highest BCUT2D eigenvalue weighted by atomic mass is 16.2. The van der Waals surface area contributed by atoms with E-state index in [2.05, 4.69) is 29.2 Å². The highest BCUT2D eigenvalue weighted by Crippen LogP contribution is 2.17. The van der Waals surface area contributed by atoms with Crippen molar-refractivity contribution < 1.29 is 4.79 Å². The van der Waals surface area contributed by atoms with E-state index < -0.39 is 0 Å². The summed E-state index contributed by atoms with van der Waals surface area (Å²) in [5, 5.41) is 7.03. The summed E-state index contributed by atoms with van der Waals surface area (Å²) in [6.45, 7) is 4.27. The fourth-order valence-electron chi connectivity index (χ4n) is 2.21. The van der Waals surface area contributed by atoms with Crippen molar-refractivity contribution >= 4 is 11.6 Å². The third kappa shape index (κ3) is 3.45. The standard InChI is InChI=1S/C18H18N4O/c1-13(2)14-8-10-15(11-9-14)20-18(23)17-19-12-22(21-17)16-6-4-3-5-7-16/h3-13H,1-2H3,(H,20,23). The molecule has 0 saturated carbocycles. The van der Waals surface area contributed by atoms with Gasteiger partial charge in [-0.05, 0) is 35.7 Å². The molecule has 0 aliphatic carbocycles. The van der Waals surface area contributed by atoms with Gasteiger partial charge in [-0.2, -0.15) is 0 Å². The fourth-order valence-corrected chi connectivity index (χ4v) is 2.21. The summed E-state index contributed by atoms with van der Waals surface area (Å²) in [7, 11) is 0. The molecular weight excluding hydrogens is 288 g/mol. The summed E-state index contributed by atoms with van der Waals surface area (Å²) < 4.78 is 1.58. The quantitative estimate of drug-likeness (QED) is 0.800. The van der Waals surface area contributed by atoms with Crippen molar-refractivity contribution in [3.63, 3.8) is 0 Å². The van der Waals surface area contributed by atoms with Crippen LogP contribution in [0.25, 0.3) is 5.69 Å². The minimum atomic E-state index is -0.322. The maximum Gasteiger partial charge on any atom is 0.295 e. The van der Waals surface area contributed by atoms with Crippen molar-refractivity contribution in [3.8, 4) is 5.69 Å². The number of nitrogens with one attached hydrogen (secondary N) is 1. The third-order valence-electron chi connectivity index (χ3n) is 3.55. The predicted molar refractivity (Wildman–Crippen MR) is 89.8 cm³/mol. The van der Waals surface area contributed by atoms with Crippen LogP contribution in [-0.2, 0) is 0 Å². The van der Waals surface area contributed by atoms with E-state index in [9.17, 15) is 4.79 Å². The summed E-state index contributed by atoms with van der Waals surface area (Å²) in [5.41, 5.74) is 2.82. The molecule has 5 nitrogen and oxygen atoms in total. The smallest absolute Gasteiger partial charge is 0.295 e. The lowest BCUT2D eigenvalue weighted by Gasteiger charge is -2.07. The zero-order valence-electron chi connectivity index (χ0n) is 13.1. The Morgan fingerprint density at radius 2 is 1.74 bits per heavy atom. The van der Waals surface area contributed by atoms with Crippen LogP contribution in [0.3, 0.4) is 0 Å². The average Bonchev–Trinajstić information content (AvgIpc) is 3.06. The minimum Gasteiger partial charge on any atom is -0.319 e. The third-order valence-corrected chi connectivity index (χ3v) is 3.55. The van der Waals surface area contributed by atoms with Crippen molar-refractivity contribution in [2.75, 3.05) is 5.32 Å². The predicted octanol–water partition coefficient (Wildman–Crippen LogP) is 3.64. The molecule has 3 aromatic rings. The number of aromatic nitrogens is 3. The zero-order chi connectivity index (χ0) is 16.2. The van der Waals surface area contributed by atoms with E-state index in [1.165, 1.54) is 11.9 Å². The monoisotopic (exact) mass is 306 g/mol. The minimum absolute atomic E-state index is 0.141. The lowest BCUT2D eigenvalue weighted by molar-refractivity contribution is 0.101. The van der Waals surface area contributed by atoms with Gasteiger partial charge in [-0.1, -0.05) is 44.2 Å². The molecule has 1 aromatic heterocycles. The van der Waals surface area contributed by atoms with E-state index in [0.717, 1.165) is 11.4 Å². The SMILES string of the molecule is CC(C)c1ccc(NC(=O)c2ncn(-c3ccccc3)n2)cc1. The number of hydrogen-bond donors (Lipinski definition) is 1. The van der Waals surface area contributed by atoms with Crippen LogP contribution in [0.15, 0.2) is 60.9 Å². The molecule has 0 aliphatic heterocycles. The lowest BCUT2D eigenvalue weighted by atomic mass is 10.0. The first-order valence-corrected chi connectivity index (χ1v) is 7.52. The van der Waals surface area contributed by atoms with Gasteiger partial charge in [-0.25, -0.2) is 9.67 Å². The second kappa shape index (κ2) is 6.44. The van der Waals surface area contributed by atoms with E-state index in [-0.39, 0.29) is 11.7 Å². The molecule has 0 atom stereocenters. The topological polar surface area (TPSA) is 59.8 Å². The Hall–Kier alpha value is -2.95. The van der Waals surface area contributed by atoms with Crippen molar-refractivity contribution in [3.05, 3.63) is 72.3 Å². The van der Waals surface area contributed by atoms with Crippen LogP contribution >= 0.6 is 0 Å². The van der Waals surface area contributed by atoms with Crippen LogP contribution in [0.4, 0.5) is 5.69 Å². The van der Waals surface area contributed by atoms with Gasteiger partial charge >= 0.3 is 0 Å². The van der Waals surface area contributed by atoms with Crippen LogP contribution in [0, 0.1) is 0 Å². The van der Waals surface area contributed by atoms with Crippen LogP contribution < -0.4 is 5.32 Å². The Labute approximate surface area is 135 Å². The number of rotatable bonds is 4. The van der Waals surface area contributed by atoms with E-state index in [0.29, 0.717) is 5.92 Å². The van der Waals surface area contributed by atoms with Gasteiger partial charge in [0.25, 0.3) is 5.91 Å². The first kappa shape index (κ1) is 15.0. The number of para-hydroxylation sites is 1. The molecule has 1 amide bonds. The number of anilines is 1. The van der Waals surface area contributed by atoms with Gasteiger partial charge in [0.2, 0.25) is 5.82 Å². The zero-order valence-corrected chi connectivity index (χ0v) is 13.1. The summed E-state index contributed by atoms with van der Waals surface area (Å²) >= 11 is 0. The van der Waals surface area contributed by atoms with E-state index in [1.54, 1.807) is 4.68 Å². The molecule has 0 radical (unpaired) electrons. The maximum absolute atomic E-state index is 12.2. The lowest BCUT2D eigenvalue weighted by Crippen LogP contribution is -2.14. The fraction of sp³-hybridized carbons (Fsp3) is 0.167. The normalized spacial score (nSPS) is 10.7. The van der Waals surface area contributed by atoms with Crippen molar-refractivity contribution in [2.24, 2.45) is 0 Å². The van der Waals surface area contributed by atoms with Crippen LogP contribution in [0.5, 0.6) is 0 Å². The van der Waals surface area contributed by atoms with E-state index >= 15 is 0 Å². The molecule has 0 fully saturated rings. The van der Waals surface area contributed by atoms with Crippen molar-refractivity contribution in [1.82, 2.24) is 14.8 Å². The second-order valence-electron chi connectivity index (χ2n) is 5.58. The summed E-state index contributed by atoms with van der Waals surface area (Å²) in [5.74, 6) is 0.279. The molecule has 2 aromatic carbocycles. The van der Waals surface area contributed by atoms with Gasteiger partial charge in [0.1, 0.15) is 6.33 Å². The van der Waals surface area contributed by atoms with Gasteiger partial charge < -0.3 is 5.32 Å². The Kier molecular flexibility index (Phi) is 4.19. The molecule has 23 heavy (non-hydrogen) atoms. The number of carbonyl (C=O) groups is 1. The van der Waals surface area contributed by atoms with Gasteiger partial charge in [-0.3, -0.25) is 4.79 Å². The van der Waals surface area contributed by atoms with Crippen molar-refractivity contribution in [1.29, 1.82) is 0 Å². The van der Waals surface area contributed by atoms with Crippen molar-refractivity contribution in [2.45, 2.75) is 19.8 Å². The number of benzene rings is 2. The molecule has 0 bridgehead atoms. The summed E-state index contributed by atoms with van der Waals surface area (Å²) in [4.78, 5) is 16.3. The molecular formula is C18H18N4O. The first-order chi connectivity index (χ1) is 11.1. The van der Waals surface area contributed by atoms with E-state index in [1.807, 2.05) is 54.6 Å². The molecule has 0 saturated heterocycles. The van der Waals surface area contributed by atoms with Gasteiger partial charge in [0, 0.05) is 5.69 Å². The average molecular weight is 306 g/mol. The molecule has 5 heteroatoms. The number of carbonyl (C=O) groups excluding carboxylic acids is 1. The Balaban J connectivity index is 1.72. The van der Waals surface area contributed by atoms with Crippen LogP contribution in [-0.4, -0.2) is 20.7 Å². The molecule has 0 spiro atoms. The summed E-state index contributed by atoms with van der Waals surface area (Å²) in [6, 6.07) is 17.4. The molecule has 1 N–H and O–H groups in total. The highest BCUT2D eigenvalue weighted by molar-refractivity contribution is 6.01. The van der Waals surface area contributed by atoms with Crippen LogP contribution in [0.2, 0.25) is 0 Å². The number of amides is 1. The highest BCUT2D eigenvalue weighted by Gasteiger charge is 2.12. The molecule has 3 rings (SSSR count). The van der Waals surface area contributed by atoms with Crippen LogP contribution in [0.1, 0.15) is 35.9 Å². The largest absolute Gasteiger partial charge is 0.319 e. The number of hydrogen-bond acceptors (Lipinski definition) is 3. The number of nitrogens with zero attached hydrogens (tertiary/aromatic N) is 3. The van der Waals surface area contributed by atoms with Gasteiger partial charge in [0.15, 0.2) is 0 Å². The Bertz CT molecular complexity index is 791. The first-order valence-electron chi connectivity index (χ1n) is 7.52. The maximum atomic E-state index is 12.2. The molecule has 0 unspecified atom stereocenters. The Morgan fingerprint density at radius 3 is 2.39 bits per heavy atom.